The minimum Gasteiger partial charge on any atom is -0.478 e. The molecular formula is C14H21NO3. The molecule has 1 aromatic rings. The van der Waals surface area contributed by atoms with E-state index in [1.807, 2.05) is 26.1 Å². The number of aromatic carboxylic acids is 1. The Morgan fingerprint density at radius 2 is 2.06 bits per heavy atom. The number of likely N-dealkylation sites (N-methyl/N-ethyl adjacent to an activating group) is 1. The van der Waals surface area contributed by atoms with Crippen molar-refractivity contribution in [1.82, 2.24) is 4.90 Å². The molecule has 0 saturated heterocycles. The van der Waals surface area contributed by atoms with E-state index in [9.17, 15) is 4.79 Å². The number of rotatable bonds is 8. The third-order valence-corrected chi connectivity index (χ3v) is 2.83. The second-order valence-electron chi connectivity index (χ2n) is 4.21. The number of carboxylic acid groups (broad SMARTS) is 1. The summed E-state index contributed by atoms with van der Waals surface area (Å²) < 4.78 is 5.28. The van der Waals surface area contributed by atoms with Crippen LogP contribution < -0.4 is 0 Å². The van der Waals surface area contributed by atoms with Gasteiger partial charge in [0.2, 0.25) is 0 Å². The van der Waals surface area contributed by atoms with Gasteiger partial charge in [0, 0.05) is 19.7 Å². The van der Waals surface area contributed by atoms with Crippen molar-refractivity contribution in [2.24, 2.45) is 0 Å². The summed E-state index contributed by atoms with van der Waals surface area (Å²) in [6, 6.07) is 7.16. The quantitative estimate of drug-likeness (QED) is 0.717. The van der Waals surface area contributed by atoms with Gasteiger partial charge in [0.25, 0.3) is 0 Å². The van der Waals surface area contributed by atoms with Crippen molar-refractivity contribution in [3.8, 4) is 0 Å². The Morgan fingerprint density at radius 3 is 2.72 bits per heavy atom. The molecule has 0 aromatic heterocycles. The molecular weight excluding hydrogens is 230 g/mol. The molecule has 4 heteroatoms. The summed E-state index contributed by atoms with van der Waals surface area (Å²) in [5.41, 5.74) is 1.28. The van der Waals surface area contributed by atoms with Gasteiger partial charge >= 0.3 is 5.97 Å². The van der Waals surface area contributed by atoms with Crippen LogP contribution >= 0.6 is 0 Å². The lowest BCUT2D eigenvalue weighted by atomic mass is 10.0. The minimum absolute atomic E-state index is 0.399. The first-order valence-electron chi connectivity index (χ1n) is 6.22. The lowest BCUT2D eigenvalue weighted by Gasteiger charge is -2.16. The Hall–Kier alpha value is -1.39. The van der Waals surface area contributed by atoms with Crippen LogP contribution in [0.4, 0.5) is 0 Å². The highest BCUT2D eigenvalue weighted by atomic mass is 16.5. The van der Waals surface area contributed by atoms with Crippen molar-refractivity contribution >= 4 is 5.97 Å². The molecule has 100 valence electrons. The number of ether oxygens (including phenoxy) is 1. The van der Waals surface area contributed by atoms with Crippen LogP contribution in [0, 0.1) is 0 Å². The molecule has 0 heterocycles. The summed E-state index contributed by atoms with van der Waals surface area (Å²) in [5.74, 6) is -0.859. The van der Waals surface area contributed by atoms with Crippen LogP contribution in [0.1, 0.15) is 22.8 Å². The molecule has 4 nitrogen and oxygen atoms in total. The second kappa shape index (κ2) is 7.84. The van der Waals surface area contributed by atoms with Crippen molar-refractivity contribution in [2.45, 2.75) is 13.3 Å². The standard InChI is InChI=1S/C14H21NO3/c1-3-18-11-10-15(2)9-8-12-6-4-5-7-13(12)14(16)17/h4-7H,3,8-11H2,1-2H3,(H,16,17). The molecule has 18 heavy (non-hydrogen) atoms. The summed E-state index contributed by atoms with van der Waals surface area (Å²) in [7, 11) is 2.02. The van der Waals surface area contributed by atoms with Crippen LogP contribution in [0.25, 0.3) is 0 Å². The number of nitrogens with zero attached hydrogens (tertiary/aromatic N) is 1. The van der Waals surface area contributed by atoms with Crippen molar-refractivity contribution in [2.75, 3.05) is 33.4 Å². The zero-order valence-corrected chi connectivity index (χ0v) is 11.1. The van der Waals surface area contributed by atoms with E-state index < -0.39 is 5.97 Å². The monoisotopic (exact) mass is 251 g/mol. The molecule has 0 saturated carbocycles. The molecule has 0 aliphatic heterocycles. The van der Waals surface area contributed by atoms with Gasteiger partial charge < -0.3 is 14.7 Å². The van der Waals surface area contributed by atoms with Gasteiger partial charge in [-0.15, -0.1) is 0 Å². The molecule has 0 unspecified atom stereocenters. The van der Waals surface area contributed by atoms with E-state index in [0.717, 1.165) is 31.7 Å². The van der Waals surface area contributed by atoms with E-state index in [0.29, 0.717) is 12.2 Å². The third-order valence-electron chi connectivity index (χ3n) is 2.83. The molecule has 0 aliphatic rings. The topological polar surface area (TPSA) is 49.8 Å². The molecule has 0 amide bonds. The first-order valence-corrected chi connectivity index (χ1v) is 6.22. The van der Waals surface area contributed by atoms with Crippen LogP contribution in [0.2, 0.25) is 0 Å². The second-order valence-corrected chi connectivity index (χ2v) is 4.21. The van der Waals surface area contributed by atoms with Crippen LogP contribution in [-0.4, -0.2) is 49.3 Å². The molecule has 0 radical (unpaired) electrons. The Bertz CT molecular complexity index is 379. The van der Waals surface area contributed by atoms with E-state index in [2.05, 4.69) is 4.90 Å². The highest BCUT2D eigenvalue weighted by Crippen LogP contribution is 2.09. The smallest absolute Gasteiger partial charge is 0.335 e. The fraction of sp³-hybridized carbons (Fsp3) is 0.500. The van der Waals surface area contributed by atoms with Gasteiger partial charge in [-0.2, -0.15) is 0 Å². The average molecular weight is 251 g/mol. The van der Waals surface area contributed by atoms with Gasteiger partial charge in [0.05, 0.1) is 12.2 Å². The predicted octanol–water partition coefficient (Wildman–Crippen LogP) is 1.90. The van der Waals surface area contributed by atoms with Gasteiger partial charge in [-0.3, -0.25) is 0 Å². The normalized spacial score (nSPS) is 10.8. The molecule has 0 bridgehead atoms. The Kier molecular flexibility index (Phi) is 6.39. The zero-order chi connectivity index (χ0) is 13.4. The highest BCUT2D eigenvalue weighted by molar-refractivity contribution is 5.89. The molecule has 0 atom stereocenters. The lowest BCUT2D eigenvalue weighted by molar-refractivity contribution is 0.0695. The first kappa shape index (κ1) is 14.7. The van der Waals surface area contributed by atoms with E-state index in [1.54, 1.807) is 12.1 Å². The van der Waals surface area contributed by atoms with Crippen LogP contribution in [-0.2, 0) is 11.2 Å². The van der Waals surface area contributed by atoms with Gasteiger partial charge in [-0.05, 0) is 32.0 Å². The third kappa shape index (κ3) is 4.85. The molecule has 1 N–H and O–H groups in total. The van der Waals surface area contributed by atoms with E-state index in [4.69, 9.17) is 9.84 Å². The minimum atomic E-state index is -0.859. The van der Waals surface area contributed by atoms with Crippen molar-refractivity contribution in [3.05, 3.63) is 35.4 Å². The van der Waals surface area contributed by atoms with Crippen molar-refractivity contribution in [3.63, 3.8) is 0 Å². The summed E-state index contributed by atoms with van der Waals surface area (Å²) in [6.07, 6.45) is 0.741. The van der Waals surface area contributed by atoms with Crippen molar-refractivity contribution < 1.29 is 14.6 Å². The van der Waals surface area contributed by atoms with Gasteiger partial charge in [0.1, 0.15) is 0 Å². The molecule has 0 spiro atoms. The number of hydrogen-bond acceptors (Lipinski definition) is 3. The maximum atomic E-state index is 11.0. The lowest BCUT2D eigenvalue weighted by Crippen LogP contribution is -2.26. The van der Waals surface area contributed by atoms with Crippen LogP contribution in [0.15, 0.2) is 24.3 Å². The predicted molar refractivity (Wildman–Crippen MR) is 71.1 cm³/mol. The number of carboxylic acids is 1. The summed E-state index contributed by atoms with van der Waals surface area (Å²) in [5, 5.41) is 9.07. The van der Waals surface area contributed by atoms with Crippen LogP contribution in [0.5, 0.6) is 0 Å². The number of carbonyl (C=O) groups is 1. The summed E-state index contributed by atoms with van der Waals surface area (Å²) in [6.45, 7) is 5.12. The average Bonchev–Trinajstić information content (AvgIpc) is 2.37. The molecule has 0 fully saturated rings. The maximum absolute atomic E-state index is 11.0. The molecule has 1 rings (SSSR count). The molecule has 0 aliphatic carbocycles. The number of hydrogen-bond donors (Lipinski definition) is 1. The zero-order valence-electron chi connectivity index (χ0n) is 11.1. The first-order chi connectivity index (χ1) is 8.65. The van der Waals surface area contributed by atoms with Gasteiger partial charge in [0.15, 0.2) is 0 Å². The Labute approximate surface area is 108 Å². The van der Waals surface area contributed by atoms with E-state index >= 15 is 0 Å². The molecule has 1 aromatic carbocycles. The fourth-order valence-corrected chi connectivity index (χ4v) is 1.73. The van der Waals surface area contributed by atoms with Crippen LogP contribution in [0.3, 0.4) is 0 Å². The van der Waals surface area contributed by atoms with E-state index in [-0.39, 0.29) is 0 Å². The highest BCUT2D eigenvalue weighted by Gasteiger charge is 2.09. The summed E-state index contributed by atoms with van der Waals surface area (Å²) in [4.78, 5) is 13.2. The van der Waals surface area contributed by atoms with Gasteiger partial charge in [-0.25, -0.2) is 4.79 Å². The van der Waals surface area contributed by atoms with Crippen molar-refractivity contribution in [1.29, 1.82) is 0 Å². The Balaban J connectivity index is 2.45. The van der Waals surface area contributed by atoms with Gasteiger partial charge in [-0.1, -0.05) is 18.2 Å². The maximum Gasteiger partial charge on any atom is 0.335 e. The SMILES string of the molecule is CCOCCN(C)CCc1ccccc1C(=O)O. The Morgan fingerprint density at radius 1 is 1.33 bits per heavy atom. The largest absolute Gasteiger partial charge is 0.478 e. The fourth-order valence-electron chi connectivity index (χ4n) is 1.73. The number of benzene rings is 1. The van der Waals surface area contributed by atoms with E-state index in [1.165, 1.54) is 0 Å². The summed E-state index contributed by atoms with van der Waals surface area (Å²) >= 11 is 0.